The van der Waals surface area contributed by atoms with Crippen molar-refractivity contribution in [2.45, 2.75) is 25.7 Å². The van der Waals surface area contributed by atoms with Crippen molar-refractivity contribution < 1.29 is 9.90 Å². The Labute approximate surface area is 101 Å². The van der Waals surface area contributed by atoms with Gasteiger partial charge in [-0.2, -0.15) is 0 Å². The maximum Gasteiger partial charge on any atom is 0.306 e. The summed E-state index contributed by atoms with van der Waals surface area (Å²) in [5, 5.41) is 12.2. The third kappa shape index (κ3) is 3.44. The van der Waals surface area contributed by atoms with E-state index in [1.165, 1.54) is 0 Å². The molecule has 1 fully saturated rings. The van der Waals surface area contributed by atoms with Gasteiger partial charge in [0, 0.05) is 12.7 Å². The van der Waals surface area contributed by atoms with E-state index in [0.29, 0.717) is 5.92 Å². The van der Waals surface area contributed by atoms with Crippen LogP contribution in [0.4, 0.5) is 5.82 Å². The molecule has 1 saturated carbocycles. The van der Waals surface area contributed by atoms with Gasteiger partial charge >= 0.3 is 5.97 Å². The second-order valence-electron chi connectivity index (χ2n) is 4.65. The van der Waals surface area contributed by atoms with Gasteiger partial charge in [0.15, 0.2) is 0 Å². The van der Waals surface area contributed by atoms with Crippen molar-refractivity contribution in [3.63, 3.8) is 0 Å². The van der Waals surface area contributed by atoms with Crippen molar-refractivity contribution in [3.05, 3.63) is 24.4 Å². The van der Waals surface area contributed by atoms with E-state index in [9.17, 15) is 4.79 Å². The number of hydrogen-bond donors (Lipinski definition) is 2. The predicted molar refractivity (Wildman–Crippen MR) is 65.8 cm³/mol. The summed E-state index contributed by atoms with van der Waals surface area (Å²) >= 11 is 0. The van der Waals surface area contributed by atoms with Gasteiger partial charge in [-0.1, -0.05) is 6.07 Å². The van der Waals surface area contributed by atoms with Crippen LogP contribution in [0, 0.1) is 11.8 Å². The molecule has 0 aliphatic heterocycles. The molecule has 92 valence electrons. The smallest absolute Gasteiger partial charge is 0.306 e. The fraction of sp³-hybridized carbons (Fsp3) is 0.538. The molecule has 1 heterocycles. The monoisotopic (exact) mass is 234 g/mol. The van der Waals surface area contributed by atoms with Crippen molar-refractivity contribution >= 4 is 11.8 Å². The summed E-state index contributed by atoms with van der Waals surface area (Å²) in [6.07, 6.45) is 5.38. The first-order valence-electron chi connectivity index (χ1n) is 6.13. The number of hydrogen-bond acceptors (Lipinski definition) is 3. The molecule has 2 N–H and O–H groups in total. The van der Waals surface area contributed by atoms with Crippen LogP contribution in [0.25, 0.3) is 0 Å². The maximum absolute atomic E-state index is 10.8. The lowest BCUT2D eigenvalue weighted by Crippen LogP contribution is -2.25. The topological polar surface area (TPSA) is 62.2 Å². The number of nitrogens with one attached hydrogen (secondary N) is 1. The number of rotatable bonds is 4. The summed E-state index contributed by atoms with van der Waals surface area (Å²) in [5.41, 5.74) is 0. The Hall–Kier alpha value is -1.58. The van der Waals surface area contributed by atoms with Crippen LogP contribution < -0.4 is 5.32 Å². The van der Waals surface area contributed by atoms with Crippen LogP contribution in [-0.2, 0) is 4.79 Å². The number of aliphatic carboxylic acids is 1. The number of carboxylic acid groups (broad SMARTS) is 1. The van der Waals surface area contributed by atoms with Crippen molar-refractivity contribution in [1.29, 1.82) is 0 Å². The molecule has 0 bridgehead atoms. The fourth-order valence-electron chi connectivity index (χ4n) is 2.33. The second kappa shape index (κ2) is 5.66. The number of carboxylic acids is 1. The van der Waals surface area contributed by atoms with Crippen LogP contribution in [0.3, 0.4) is 0 Å². The molecule has 0 amide bonds. The van der Waals surface area contributed by atoms with Crippen LogP contribution in [0.1, 0.15) is 25.7 Å². The molecule has 4 nitrogen and oxygen atoms in total. The number of aromatic nitrogens is 1. The Morgan fingerprint density at radius 1 is 1.35 bits per heavy atom. The summed E-state index contributed by atoms with van der Waals surface area (Å²) in [7, 11) is 0. The van der Waals surface area contributed by atoms with Gasteiger partial charge in [-0.25, -0.2) is 4.98 Å². The van der Waals surface area contributed by atoms with Crippen LogP contribution in [0.2, 0.25) is 0 Å². The average Bonchev–Trinajstić information content (AvgIpc) is 2.38. The average molecular weight is 234 g/mol. The maximum atomic E-state index is 10.8. The molecule has 17 heavy (non-hydrogen) atoms. The van der Waals surface area contributed by atoms with Crippen molar-refractivity contribution in [3.8, 4) is 0 Å². The lowest BCUT2D eigenvalue weighted by atomic mass is 9.82. The molecule has 1 aromatic heterocycles. The second-order valence-corrected chi connectivity index (χ2v) is 4.65. The molecule has 0 unspecified atom stereocenters. The van der Waals surface area contributed by atoms with Gasteiger partial charge in [0.1, 0.15) is 5.82 Å². The van der Waals surface area contributed by atoms with E-state index in [1.54, 1.807) is 6.20 Å². The van der Waals surface area contributed by atoms with Crippen LogP contribution >= 0.6 is 0 Å². The van der Waals surface area contributed by atoms with Crippen LogP contribution in [-0.4, -0.2) is 22.6 Å². The van der Waals surface area contributed by atoms with E-state index in [4.69, 9.17) is 5.11 Å². The first-order chi connectivity index (χ1) is 8.25. The highest BCUT2D eigenvalue weighted by atomic mass is 16.4. The molecule has 2 rings (SSSR count). The van der Waals surface area contributed by atoms with Gasteiger partial charge in [-0.15, -0.1) is 0 Å². The van der Waals surface area contributed by atoms with Crippen LogP contribution in [0.5, 0.6) is 0 Å². The van der Waals surface area contributed by atoms with E-state index in [0.717, 1.165) is 38.0 Å². The molecule has 4 heteroatoms. The highest BCUT2D eigenvalue weighted by Gasteiger charge is 2.25. The summed E-state index contributed by atoms with van der Waals surface area (Å²) in [6.45, 7) is 0.892. The van der Waals surface area contributed by atoms with Gasteiger partial charge in [0.05, 0.1) is 5.92 Å². The summed E-state index contributed by atoms with van der Waals surface area (Å²) < 4.78 is 0. The molecule has 1 aromatic rings. The number of pyridine rings is 1. The lowest BCUT2D eigenvalue weighted by Gasteiger charge is -2.26. The zero-order valence-corrected chi connectivity index (χ0v) is 9.80. The quantitative estimate of drug-likeness (QED) is 0.839. The molecule has 0 atom stereocenters. The van der Waals surface area contributed by atoms with Crippen LogP contribution in [0.15, 0.2) is 24.4 Å². The molecule has 1 aliphatic rings. The van der Waals surface area contributed by atoms with Gasteiger partial charge in [-0.3, -0.25) is 4.79 Å². The SMILES string of the molecule is O=C(O)C1CCC(CNc2ccccn2)CC1. The Kier molecular flexibility index (Phi) is 3.96. The van der Waals surface area contributed by atoms with Gasteiger partial charge in [0.25, 0.3) is 0 Å². The Bertz CT molecular complexity index is 359. The van der Waals surface area contributed by atoms with E-state index in [2.05, 4.69) is 10.3 Å². The predicted octanol–water partition coefficient (Wildman–Crippen LogP) is 2.38. The van der Waals surface area contributed by atoms with E-state index in [1.807, 2.05) is 18.2 Å². The van der Waals surface area contributed by atoms with Crippen molar-refractivity contribution in [2.24, 2.45) is 11.8 Å². The normalized spacial score (nSPS) is 24.2. The van der Waals surface area contributed by atoms with Crippen molar-refractivity contribution in [2.75, 3.05) is 11.9 Å². The summed E-state index contributed by atoms with van der Waals surface area (Å²) in [4.78, 5) is 15.0. The van der Waals surface area contributed by atoms with E-state index in [-0.39, 0.29) is 5.92 Å². The number of nitrogens with zero attached hydrogens (tertiary/aromatic N) is 1. The molecule has 0 saturated heterocycles. The molecule has 1 aliphatic carbocycles. The first kappa shape index (κ1) is 11.9. The molecule has 0 radical (unpaired) electrons. The lowest BCUT2D eigenvalue weighted by molar-refractivity contribution is -0.143. The van der Waals surface area contributed by atoms with E-state index >= 15 is 0 Å². The van der Waals surface area contributed by atoms with Gasteiger partial charge < -0.3 is 10.4 Å². The van der Waals surface area contributed by atoms with Gasteiger partial charge in [0.2, 0.25) is 0 Å². The Morgan fingerprint density at radius 2 is 2.12 bits per heavy atom. The highest BCUT2D eigenvalue weighted by molar-refractivity contribution is 5.69. The zero-order valence-electron chi connectivity index (χ0n) is 9.80. The third-order valence-corrected chi connectivity index (χ3v) is 3.43. The molecular formula is C13H18N2O2. The number of carbonyl (C=O) groups is 1. The van der Waals surface area contributed by atoms with Gasteiger partial charge in [-0.05, 0) is 43.7 Å². The Morgan fingerprint density at radius 3 is 2.71 bits per heavy atom. The Balaban J connectivity index is 1.74. The fourth-order valence-corrected chi connectivity index (χ4v) is 2.33. The zero-order chi connectivity index (χ0) is 12.1. The molecule has 0 spiro atoms. The molecule has 0 aromatic carbocycles. The molecular weight excluding hydrogens is 216 g/mol. The highest BCUT2D eigenvalue weighted by Crippen LogP contribution is 2.28. The minimum absolute atomic E-state index is 0.124. The summed E-state index contributed by atoms with van der Waals surface area (Å²) in [6, 6.07) is 5.79. The minimum atomic E-state index is -0.638. The van der Waals surface area contributed by atoms with Crippen molar-refractivity contribution in [1.82, 2.24) is 4.98 Å². The largest absolute Gasteiger partial charge is 0.481 e. The first-order valence-corrected chi connectivity index (χ1v) is 6.13. The standard InChI is InChI=1S/C13H18N2O2/c16-13(17)11-6-4-10(5-7-11)9-15-12-3-1-2-8-14-12/h1-3,8,10-11H,4-7,9H2,(H,14,15)(H,16,17). The number of anilines is 1. The minimum Gasteiger partial charge on any atom is -0.481 e. The third-order valence-electron chi connectivity index (χ3n) is 3.43. The van der Waals surface area contributed by atoms with E-state index < -0.39 is 5.97 Å². The summed E-state index contributed by atoms with van der Waals surface area (Å²) in [5.74, 6) is 0.711.